The molecule has 2 N–H and O–H groups in total. The van der Waals surface area contributed by atoms with E-state index >= 15 is 0 Å². The van der Waals surface area contributed by atoms with Crippen LogP contribution in [0.5, 0.6) is 5.75 Å². The van der Waals surface area contributed by atoms with Crippen LogP contribution in [0.1, 0.15) is 17.3 Å². The zero-order valence-electron chi connectivity index (χ0n) is 15.2. The van der Waals surface area contributed by atoms with Crippen LogP contribution in [0.15, 0.2) is 78.9 Å². The van der Waals surface area contributed by atoms with Gasteiger partial charge >= 0.3 is 0 Å². The maximum Gasteiger partial charge on any atom is 0.265 e. The fourth-order valence-electron chi connectivity index (χ4n) is 2.44. The van der Waals surface area contributed by atoms with Crippen LogP contribution in [0.25, 0.3) is 0 Å². The third kappa shape index (κ3) is 5.34. The van der Waals surface area contributed by atoms with Gasteiger partial charge in [-0.05, 0) is 67.6 Å². The molecule has 28 heavy (non-hydrogen) atoms. The van der Waals surface area contributed by atoms with Crippen molar-refractivity contribution in [1.29, 1.82) is 0 Å². The molecule has 0 aliphatic carbocycles. The average molecular weight is 395 g/mol. The Morgan fingerprint density at radius 3 is 2.07 bits per heavy atom. The van der Waals surface area contributed by atoms with E-state index in [9.17, 15) is 9.59 Å². The fraction of sp³-hybridized carbons (Fsp3) is 0.0909. The first-order valence-electron chi connectivity index (χ1n) is 8.71. The van der Waals surface area contributed by atoms with Crippen molar-refractivity contribution in [1.82, 2.24) is 0 Å². The van der Waals surface area contributed by atoms with E-state index in [0.717, 1.165) is 5.69 Å². The van der Waals surface area contributed by atoms with E-state index in [0.29, 0.717) is 22.0 Å². The Morgan fingerprint density at radius 2 is 1.43 bits per heavy atom. The van der Waals surface area contributed by atoms with E-state index in [1.165, 1.54) is 0 Å². The first-order chi connectivity index (χ1) is 13.5. The first-order valence-corrected chi connectivity index (χ1v) is 9.08. The Balaban J connectivity index is 1.56. The van der Waals surface area contributed by atoms with E-state index < -0.39 is 6.10 Å². The molecule has 6 heteroatoms. The van der Waals surface area contributed by atoms with Crippen molar-refractivity contribution in [3.05, 3.63) is 89.4 Å². The first kappa shape index (κ1) is 19.5. The third-order valence-electron chi connectivity index (χ3n) is 3.94. The lowest BCUT2D eigenvalue weighted by atomic mass is 10.2. The number of halogens is 1. The Morgan fingerprint density at radius 1 is 0.821 bits per heavy atom. The summed E-state index contributed by atoms with van der Waals surface area (Å²) in [7, 11) is 0. The lowest BCUT2D eigenvalue weighted by Crippen LogP contribution is -2.30. The molecule has 0 bridgehead atoms. The lowest BCUT2D eigenvalue weighted by Gasteiger charge is -2.15. The molecule has 0 aromatic heterocycles. The number of para-hydroxylation sites is 1. The Labute approximate surface area is 168 Å². The predicted octanol–water partition coefficient (Wildman–Crippen LogP) is 5.00. The summed E-state index contributed by atoms with van der Waals surface area (Å²) in [5, 5.41) is 6.17. The van der Waals surface area contributed by atoms with Gasteiger partial charge in [0.1, 0.15) is 5.75 Å². The van der Waals surface area contributed by atoms with Crippen molar-refractivity contribution in [2.75, 3.05) is 10.6 Å². The number of nitrogens with one attached hydrogen (secondary N) is 2. The quantitative estimate of drug-likeness (QED) is 0.618. The summed E-state index contributed by atoms with van der Waals surface area (Å²) in [5.74, 6) is -0.00508. The van der Waals surface area contributed by atoms with Gasteiger partial charge in [0.05, 0.1) is 0 Å². The molecule has 1 atom stereocenters. The van der Waals surface area contributed by atoms with Gasteiger partial charge in [0.15, 0.2) is 6.10 Å². The van der Waals surface area contributed by atoms with E-state index in [1.807, 2.05) is 30.3 Å². The smallest absolute Gasteiger partial charge is 0.265 e. The van der Waals surface area contributed by atoms with E-state index in [1.54, 1.807) is 55.5 Å². The highest BCUT2D eigenvalue weighted by Gasteiger charge is 2.15. The van der Waals surface area contributed by atoms with Crippen LogP contribution in [0, 0.1) is 0 Å². The van der Waals surface area contributed by atoms with Crippen LogP contribution in [-0.4, -0.2) is 17.9 Å². The molecule has 0 fully saturated rings. The molecule has 0 radical (unpaired) electrons. The maximum atomic E-state index is 12.3. The predicted molar refractivity (Wildman–Crippen MR) is 111 cm³/mol. The Kier molecular flexibility index (Phi) is 6.29. The summed E-state index contributed by atoms with van der Waals surface area (Å²) in [4.78, 5) is 24.5. The molecule has 3 aromatic rings. The maximum absolute atomic E-state index is 12.3. The molecule has 5 nitrogen and oxygen atoms in total. The molecule has 0 saturated heterocycles. The standard InChI is InChI=1S/C22H19ClN2O3/c1-15(21(26)24-19-11-9-17(23)10-12-19)28-20-13-7-16(8-14-20)22(27)25-18-5-3-2-4-6-18/h2-15H,1H3,(H,24,26)(H,25,27)/t15-/m0/s1. The van der Waals surface area contributed by atoms with Crippen LogP contribution >= 0.6 is 11.6 Å². The SMILES string of the molecule is C[C@H](Oc1ccc(C(=O)Nc2ccccc2)cc1)C(=O)Nc1ccc(Cl)cc1. The van der Waals surface area contributed by atoms with Crippen molar-refractivity contribution in [2.24, 2.45) is 0 Å². The van der Waals surface area contributed by atoms with Crippen molar-refractivity contribution in [3.63, 3.8) is 0 Å². The zero-order chi connectivity index (χ0) is 19.9. The van der Waals surface area contributed by atoms with Crippen LogP contribution in [0.4, 0.5) is 11.4 Å². The van der Waals surface area contributed by atoms with Gasteiger partial charge in [-0.15, -0.1) is 0 Å². The minimum Gasteiger partial charge on any atom is -0.481 e. The van der Waals surface area contributed by atoms with Gasteiger partial charge in [-0.2, -0.15) is 0 Å². The second kappa shape index (κ2) is 9.06. The van der Waals surface area contributed by atoms with Crippen molar-refractivity contribution in [3.8, 4) is 5.75 Å². The topological polar surface area (TPSA) is 67.4 Å². The lowest BCUT2D eigenvalue weighted by molar-refractivity contribution is -0.122. The molecule has 3 rings (SSSR count). The zero-order valence-corrected chi connectivity index (χ0v) is 15.9. The Bertz CT molecular complexity index is 942. The third-order valence-corrected chi connectivity index (χ3v) is 4.19. The largest absolute Gasteiger partial charge is 0.481 e. The number of ether oxygens (including phenoxy) is 1. The number of rotatable bonds is 6. The minimum atomic E-state index is -0.709. The molecular weight excluding hydrogens is 376 g/mol. The number of benzene rings is 3. The van der Waals surface area contributed by atoms with Crippen LogP contribution in [-0.2, 0) is 4.79 Å². The molecule has 142 valence electrons. The molecular formula is C22H19ClN2O3. The van der Waals surface area contributed by atoms with Gasteiger partial charge in [0.25, 0.3) is 11.8 Å². The summed E-state index contributed by atoms with van der Waals surface area (Å²) in [6.45, 7) is 1.65. The van der Waals surface area contributed by atoms with Crippen LogP contribution < -0.4 is 15.4 Å². The monoisotopic (exact) mass is 394 g/mol. The fourth-order valence-corrected chi connectivity index (χ4v) is 2.57. The highest BCUT2D eigenvalue weighted by atomic mass is 35.5. The van der Waals surface area contributed by atoms with E-state index in [2.05, 4.69) is 10.6 Å². The van der Waals surface area contributed by atoms with Gasteiger partial charge in [0.2, 0.25) is 0 Å². The summed E-state index contributed by atoms with van der Waals surface area (Å²) in [5.41, 5.74) is 1.85. The van der Waals surface area contributed by atoms with Gasteiger partial charge in [-0.3, -0.25) is 9.59 Å². The molecule has 0 aliphatic rings. The number of carbonyl (C=O) groups excluding carboxylic acids is 2. The van der Waals surface area contributed by atoms with Gasteiger partial charge < -0.3 is 15.4 Å². The number of hydrogen-bond donors (Lipinski definition) is 2. The van der Waals surface area contributed by atoms with Crippen molar-refractivity contribution in [2.45, 2.75) is 13.0 Å². The van der Waals surface area contributed by atoms with Crippen molar-refractivity contribution >= 4 is 34.8 Å². The van der Waals surface area contributed by atoms with Gasteiger partial charge in [-0.25, -0.2) is 0 Å². The number of carbonyl (C=O) groups is 2. The van der Waals surface area contributed by atoms with E-state index in [-0.39, 0.29) is 11.8 Å². The second-order valence-electron chi connectivity index (χ2n) is 6.10. The second-order valence-corrected chi connectivity index (χ2v) is 6.54. The Hall–Kier alpha value is -3.31. The molecule has 0 unspecified atom stereocenters. The summed E-state index contributed by atoms with van der Waals surface area (Å²) < 4.78 is 5.66. The number of anilines is 2. The summed E-state index contributed by atoms with van der Waals surface area (Å²) in [6.07, 6.45) is -0.709. The highest BCUT2D eigenvalue weighted by molar-refractivity contribution is 6.30. The van der Waals surface area contributed by atoms with Gasteiger partial charge in [0, 0.05) is 22.0 Å². The molecule has 0 aliphatic heterocycles. The van der Waals surface area contributed by atoms with Gasteiger partial charge in [-0.1, -0.05) is 29.8 Å². The van der Waals surface area contributed by atoms with Crippen LogP contribution in [0.3, 0.4) is 0 Å². The van der Waals surface area contributed by atoms with Crippen molar-refractivity contribution < 1.29 is 14.3 Å². The molecule has 0 heterocycles. The molecule has 0 saturated carbocycles. The number of hydrogen-bond acceptors (Lipinski definition) is 3. The number of amides is 2. The summed E-state index contributed by atoms with van der Waals surface area (Å²) >= 11 is 5.83. The molecule has 2 amide bonds. The molecule has 3 aromatic carbocycles. The highest BCUT2D eigenvalue weighted by Crippen LogP contribution is 2.17. The molecule has 0 spiro atoms. The van der Waals surface area contributed by atoms with E-state index in [4.69, 9.17) is 16.3 Å². The normalized spacial score (nSPS) is 11.4. The minimum absolute atomic E-state index is 0.216. The van der Waals surface area contributed by atoms with Crippen LogP contribution in [0.2, 0.25) is 5.02 Å². The average Bonchev–Trinajstić information content (AvgIpc) is 2.71. The summed E-state index contributed by atoms with van der Waals surface area (Å²) in [6, 6.07) is 22.7.